The molecule has 1 aromatic rings. The number of nitrogens with two attached hydrogens (primary N) is 1. The van der Waals surface area contributed by atoms with Gasteiger partial charge in [0.15, 0.2) is 17.3 Å². The highest BCUT2D eigenvalue weighted by atomic mass is 19.4. The van der Waals surface area contributed by atoms with Gasteiger partial charge in [0.1, 0.15) is 0 Å². The number of alkyl halides is 3. The second-order valence-corrected chi connectivity index (χ2v) is 2.82. The zero-order chi connectivity index (χ0) is 13.2. The van der Waals surface area contributed by atoms with Crippen molar-refractivity contribution in [1.82, 2.24) is 4.98 Å². The molecule has 1 heterocycles. The van der Waals surface area contributed by atoms with Gasteiger partial charge in [-0.1, -0.05) is 0 Å². The summed E-state index contributed by atoms with van der Waals surface area (Å²) in [7, 11) is 0. The predicted octanol–water partition coefficient (Wildman–Crippen LogP) is 1.28. The average Bonchev–Trinajstić information content (AvgIpc) is 2.18. The van der Waals surface area contributed by atoms with Crippen LogP contribution < -0.4 is 10.5 Å². The van der Waals surface area contributed by atoms with Crippen LogP contribution in [0.2, 0.25) is 0 Å². The van der Waals surface area contributed by atoms with E-state index in [2.05, 4.69) is 9.72 Å². The molecule has 0 radical (unpaired) electrons. The summed E-state index contributed by atoms with van der Waals surface area (Å²) < 4.78 is 52.3. The van der Waals surface area contributed by atoms with Crippen LogP contribution in [-0.2, 0) is 6.54 Å². The predicted molar refractivity (Wildman–Crippen MR) is 45.7 cm³/mol. The molecule has 0 atom stereocenters. The number of aromatic nitrogens is 1. The van der Waals surface area contributed by atoms with Gasteiger partial charge in [0.2, 0.25) is 0 Å². The molecule has 3 N–H and O–H groups in total. The summed E-state index contributed by atoms with van der Waals surface area (Å²) in [4.78, 5) is 13.7. The van der Waals surface area contributed by atoms with E-state index in [0.29, 0.717) is 6.20 Å². The number of nitrogens with zero attached hydrogens (tertiary/aromatic N) is 1. The molecular formula is C8H6F4N2O3. The maximum atomic E-state index is 13.4. The smallest absolute Gasteiger partial charge is 0.476 e. The number of halogens is 4. The molecule has 94 valence electrons. The van der Waals surface area contributed by atoms with Crippen molar-refractivity contribution in [3.63, 3.8) is 0 Å². The SMILES string of the molecule is NCc1c(C(=O)O)ncc(OC(F)(F)F)c1F. The molecule has 5 nitrogen and oxygen atoms in total. The van der Waals surface area contributed by atoms with Gasteiger partial charge in [-0.3, -0.25) is 0 Å². The Kier molecular flexibility index (Phi) is 3.51. The third kappa shape index (κ3) is 3.03. The van der Waals surface area contributed by atoms with Crippen molar-refractivity contribution in [2.24, 2.45) is 5.73 Å². The molecule has 0 saturated heterocycles. The molecule has 0 bridgehead atoms. The van der Waals surface area contributed by atoms with Crippen LogP contribution in [-0.4, -0.2) is 22.4 Å². The standard InChI is InChI=1S/C8H6F4N2O3/c9-5-3(1-13)6(7(15)16)14-2-4(5)17-8(10,11)12/h2H,1,13H2,(H,15,16). The van der Waals surface area contributed by atoms with Crippen LogP contribution in [0.15, 0.2) is 6.20 Å². The largest absolute Gasteiger partial charge is 0.573 e. The van der Waals surface area contributed by atoms with Gasteiger partial charge < -0.3 is 15.6 Å². The summed E-state index contributed by atoms with van der Waals surface area (Å²) in [5, 5.41) is 8.60. The topological polar surface area (TPSA) is 85.4 Å². The Balaban J connectivity index is 3.25. The number of rotatable bonds is 3. The Morgan fingerprint density at radius 1 is 1.53 bits per heavy atom. The van der Waals surface area contributed by atoms with Gasteiger partial charge in [-0.05, 0) is 0 Å². The minimum absolute atomic E-state index is 0.339. The third-order valence-electron chi connectivity index (χ3n) is 1.71. The first-order chi connectivity index (χ1) is 7.76. The van der Waals surface area contributed by atoms with Gasteiger partial charge in [-0.2, -0.15) is 0 Å². The summed E-state index contributed by atoms with van der Waals surface area (Å²) in [6, 6.07) is 0. The molecule has 0 saturated carbocycles. The molecular weight excluding hydrogens is 248 g/mol. The average molecular weight is 254 g/mol. The van der Waals surface area contributed by atoms with Crippen molar-refractivity contribution >= 4 is 5.97 Å². The van der Waals surface area contributed by atoms with E-state index in [1.807, 2.05) is 0 Å². The molecule has 1 aromatic heterocycles. The normalized spacial score (nSPS) is 11.4. The van der Waals surface area contributed by atoms with Gasteiger partial charge in [-0.25, -0.2) is 14.2 Å². The Morgan fingerprint density at radius 3 is 2.53 bits per heavy atom. The van der Waals surface area contributed by atoms with E-state index in [4.69, 9.17) is 10.8 Å². The lowest BCUT2D eigenvalue weighted by Crippen LogP contribution is -2.20. The van der Waals surface area contributed by atoms with Crippen LogP contribution in [0.5, 0.6) is 5.75 Å². The van der Waals surface area contributed by atoms with Gasteiger partial charge in [0.05, 0.1) is 6.20 Å². The second-order valence-electron chi connectivity index (χ2n) is 2.82. The molecule has 0 aliphatic rings. The van der Waals surface area contributed by atoms with Crippen molar-refractivity contribution in [2.75, 3.05) is 0 Å². The zero-order valence-electron chi connectivity index (χ0n) is 8.08. The van der Waals surface area contributed by atoms with E-state index in [9.17, 15) is 22.4 Å². The van der Waals surface area contributed by atoms with E-state index >= 15 is 0 Å². The Morgan fingerprint density at radius 2 is 2.12 bits per heavy atom. The number of hydrogen-bond donors (Lipinski definition) is 2. The molecule has 17 heavy (non-hydrogen) atoms. The summed E-state index contributed by atoms with van der Waals surface area (Å²) in [5.74, 6) is -4.30. The Hall–Kier alpha value is -1.90. The fourth-order valence-electron chi connectivity index (χ4n) is 1.08. The van der Waals surface area contributed by atoms with E-state index < -0.39 is 41.7 Å². The van der Waals surface area contributed by atoms with Gasteiger partial charge in [-0.15, -0.1) is 13.2 Å². The van der Waals surface area contributed by atoms with Crippen LogP contribution in [0.4, 0.5) is 17.6 Å². The monoisotopic (exact) mass is 254 g/mol. The van der Waals surface area contributed by atoms with Crippen molar-refractivity contribution in [2.45, 2.75) is 12.9 Å². The number of aromatic carboxylic acids is 1. The highest BCUT2D eigenvalue weighted by Gasteiger charge is 2.33. The molecule has 1 rings (SSSR count). The van der Waals surface area contributed by atoms with E-state index in [0.717, 1.165) is 0 Å². The molecule has 0 fully saturated rings. The van der Waals surface area contributed by atoms with Crippen molar-refractivity contribution in [1.29, 1.82) is 0 Å². The number of carbonyl (C=O) groups is 1. The van der Waals surface area contributed by atoms with Crippen molar-refractivity contribution in [3.8, 4) is 5.75 Å². The molecule has 0 aromatic carbocycles. The minimum Gasteiger partial charge on any atom is -0.476 e. The summed E-state index contributed by atoms with van der Waals surface area (Å²) in [6.07, 6.45) is -4.76. The third-order valence-corrected chi connectivity index (χ3v) is 1.71. The highest BCUT2D eigenvalue weighted by molar-refractivity contribution is 5.87. The van der Waals surface area contributed by atoms with E-state index in [1.54, 1.807) is 0 Å². The Bertz CT molecular complexity index is 447. The first-order valence-electron chi connectivity index (χ1n) is 4.12. The summed E-state index contributed by atoms with van der Waals surface area (Å²) in [6.45, 7) is -0.616. The fourth-order valence-corrected chi connectivity index (χ4v) is 1.08. The lowest BCUT2D eigenvalue weighted by molar-refractivity contribution is -0.275. The van der Waals surface area contributed by atoms with Crippen molar-refractivity contribution < 1.29 is 32.2 Å². The fraction of sp³-hybridized carbons (Fsp3) is 0.250. The summed E-state index contributed by atoms with van der Waals surface area (Å²) >= 11 is 0. The minimum atomic E-state index is -5.10. The molecule has 0 aliphatic carbocycles. The van der Waals surface area contributed by atoms with Crippen LogP contribution in [0.1, 0.15) is 16.1 Å². The number of carboxylic acids is 1. The maximum Gasteiger partial charge on any atom is 0.573 e. The molecule has 0 unspecified atom stereocenters. The first kappa shape index (κ1) is 13.2. The van der Waals surface area contributed by atoms with Crippen LogP contribution in [0.25, 0.3) is 0 Å². The molecule has 0 spiro atoms. The summed E-state index contributed by atoms with van der Waals surface area (Å²) in [5.41, 5.74) is 3.64. The van der Waals surface area contributed by atoms with Crippen molar-refractivity contribution in [3.05, 3.63) is 23.3 Å². The van der Waals surface area contributed by atoms with Crippen LogP contribution in [0.3, 0.4) is 0 Å². The maximum absolute atomic E-state index is 13.4. The number of ether oxygens (including phenoxy) is 1. The van der Waals surface area contributed by atoms with Gasteiger partial charge in [0.25, 0.3) is 0 Å². The molecule has 0 aliphatic heterocycles. The number of carboxylic acid groups (broad SMARTS) is 1. The first-order valence-corrected chi connectivity index (χ1v) is 4.12. The number of hydrogen-bond acceptors (Lipinski definition) is 4. The quantitative estimate of drug-likeness (QED) is 0.793. The molecule has 0 amide bonds. The Labute approximate surface area is 91.8 Å². The lowest BCUT2D eigenvalue weighted by Gasteiger charge is -2.12. The molecule has 9 heteroatoms. The van der Waals surface area contributed by atoms with E-state index in [-0.39, 0.29) is 0 Å². The van der Waals surface area contributed by atoms with Crippen LogP contribution >= 0.6 is 0 Å². The lowest BCUT2D eigenvalue weighted by atomic mass is 10.1. The number of pyridine rings is 1. The van der Waals surface area contributed by atoms with Gasteiger partial charge in [0, 0.05) is 12.1 Å². The van der Waals surface area contributed by atoms with E-state index in [1.165, 1.54) is 0 Å². The van der Waals surface area contributed by atoms with Crippen LogP contribution in [0, 0.1) is 5.82 Å². The highest BCUT2D eigenvalue weighted by Crippen LogP contribution is 2.27. The zero-order valence-corrected chi connectivity index (χ0v) is 8.08. The second kappa shape index (κ2) is 4.53. The van der Waals surface area contributed by atoms with Gasteiger partial charge >= 0.3 is 12.3 Å².